The average Bonchev–Trinajstić information content (AvgIpc) is 3.03. The molecule has 0 fully saturated rings. The molecule has 0 bridgehead atoms. The number of anilines is 1. The van der Waals surface area contributed by atoms with Crippen LogP contribution in [0.4, 0.5) is 15.3 Å². The van der Waals surface area contributed by atoms with Gasteiger partial charge in [-0.1, -0.05) is 74.5 Å². The summed E-state index contributed by atoms with van der Waals surface area (Å²) in [5.41, 5.74) is 7.13. The van der Waals surface area contributed by atoms with Crippen molar-refractivity contribution < 1.29 is 33.4 Å². The van der Waals surface area contributed by atoms with Crippen LogP contribution in [0.3, 0.4) is 0 Å². The molecule has 3 rings (SSSR count). The van der Waals surface area contributed by atoms with Crippen LogP contribution in [0.25, 0.3) is 0 Å². The van der Waals surface area contributed by atoms with Crippen LogP contribution in [0.2, 0.25) is 0 Å². The lowest BCUT2D eigenvalue weighted by Crippen LogP contribution is -2.61. The second-order valence-corrected chi connectivity index (χ2v) is 15.1. The fourth-order valence-corrected chi connectivity index (χ4v) is 5.45. The Kier molecular flexibility index (Phi) is 14.2. The number of carbonyl (C=O) groups is 4. The van der Waals surface area contributed by atoms with Gasteiger partial charge in [-0.15, -0.1) is 0 Å². The zero-order valence-corrected chi connectivity index (χ0v) is 32.3. The number of ether oxygens (including phenoxy) is 3. The molecule has 0 spiro atoms. The predicted molar refractivity (Wildman–Crippen MR) is 201 cm³/mol. The van der Waals surface area contributed by atoms with E-state index in [-0.39, 0.29) is 18.9 Å². The van der Waals surface area contributed by atoms with E-state index in [9.17, 15) is 14.4 Å². The van der Waals surface area contributed by atoms with Crippen molar-refractivity contribution in [2.75, 3.05) is 12.4 Å². The van der Waals surface area contributed by atoms with Gasteiger partial charge in [-0.05, 0) is 102 Å². The van der Waals surface area contributed by atoms with Gasteiger partial charge in [0.05, 0.1) is 7.11 Å². The van der Waals surface area contributed by atoms with Gasteiger partial charge in [-0.3, -0.25) is 15.0 Å². The molecule has 3 aromatic rings. The van der Waals surface area contributed by atoms with Gasteiger partial charge in [0.15, 0.2) is 0 Å². The predicted octanol–water partition coefficient (Wildman–Crippen LogP) is 7.62. The SMILES string of the molecule is COc1ccc([C@@H](C(=O)N(NC(=O)OC(C)(C)C)[C@@H](CC(C)C)C(=O)Nc2c(C)cccc2C)N(Cc2ccccc2)NC(=O)OC(C)(C)C)cc1. The third-order valence-electron chi connectivity index (χ3n) is 7.69. The number of para-hydroxylation sites is 1. The van der Waals surface area contributed by atoms with E-state index in [1.165, 1.54) is 12.1 Å². The highest BCUT2D eigenvalue weighted by molar-refractivity contribution is 5.99. The average molecular weight is 718 g/mol. The van der Waals surface area contributed by atoms with E-state index in [4.69, 9.17) is 14.2 Å². The Labute approximate surface area is 308 Å². The van der Waals surface area contributed by atoms with Crippen LogP contribution >= 0.6 is 0 Å². The highest BCUT2D eigenvalue weighted by Gasteiger charge is 2.41. The van der Waals surface area contributed by atoms with Crippen molar-refractivity contribution in [3.05, 3.63) is 95.1 Å². The molecule has 0 saturated carbocycles. The first-order valence-electron chi connectivity index (χ1n) is 17.4. The Balaban J connectivity index is 2.26. The number of methoxy groups -OCH3 is 1. The third-order valence-corrected chi connectivity index (χ3v) is 7.69. The number of hydrogen-bond acceptors (Lipinski definition) is 8. The second kappa shape index (κ2) is 17.9. The molecular formula is C40H55N5O7. The molecule has 0 aliphatic rings. The van der Waals surface area contributed by atoms with Crippen molar-refractivity contribution in [3.8, 4) is 5.75 Å². The lowest BCUT2D eigenvalue weighted by atomic mass is 9.99. The summed E-state index contributed by atoms with van der Waals surface area (Å²) >= 11 is 0. The molecule has 4 amide bonds. The van der Waals surface area contributed by atoms with Crippen LogP contribution < -0.4 is 20.9 Å². The molecule has 3 aromatic carbocycles. The van der Waals surface area contributed by atoms with Crippen LogP contribution in [0.5, 0.6) is 5.75 Å². The van der Waals surface area contributed by atoms with Gasteiger partial charge in [-0.25, -0.2) is 20.0 Å². The molecule has 12 nitrogen and oxygen atoms in total. The number of carbonyl (C=O) groups excluding carboxylic acids is 4. The lowest BCUT2D eigenvalue weighted by Gasteiger charge is -2.38. The van der Waals surface area contributed by atoms with E-state index in [0.29, 0.717) is 17.0 Å². The van der Waals surface area contributed by atoms with E-state index in [0.717, 1.165) is 21.7 Å². The quantitative estimate of drug-likeness (QED) is 0.163. The van der Waals surface area contributed by atoms with E-state index in [1.807, 2.05) is 76.2 Å². The van der Waals surface area contributed by atoms with Gasteiger partial charge in [0.25, 0.3) is 5.91 Å². The van der Waals surface area contributed by atoms with Gasteiger partial charge in [0.2, 0.25) is 5.91 Å². The number of benzene rings is 3. The first-order chi connectivity index (χ1) is 24.3. The fourth-order valence-electron chi connectivity index (χ4n) is 5.45. The maximum atomic E-state index is 15.3. The summed E-state index contributed by atoms with van der Waals surface area (Å²) in [6.45, 7) is 17.9. The summed E-state index contributed by atoms with van der Waals surface area (Å²) in [5.74, 6) is -0.785. The first kappa shape index (κ1) is 41.3. The molecule has 12 heteroatoms. The largest absolute Gasteiger partial charge is 0.497 e. The smallest absolute Gasteiger partial charge is 0.426 e. The summed E-state index contributed by atoms with van der Waals surface area (Å²) in [6.07, 6.45) is -1.56. The molecule has 3 N–H and O–H groups in total. The van der Waals surface area contributed by atoms with Gasteiger partial charge in [-0.2, -0.15) is 5.01 Å². The summed E-state index contributed by atoms with van der Waals surface area (Å²) in [4.78, 5) is 56.6. The van der Waals surface area contributed by atoms with E-state index >= 15 is 4.79 Å². The molecule has 0 saturated heterocycles. The van der Waals surface area contributed by atoms with E-state index in [1.54, 1.807) is 65.8 Å². The maximum Gasteiger partial charge on any atom is 0.426 e. The minimum Gasteiger partial charge on any atom is -0.497 e. The number of aryl methyl sites for hydroxylation is 2. The fraction of sp³-hybridized carbons (Fsp3) is 0.450. The van der Waals surface area contributed by atoms with Crippen molar-refractivity contribution in [2.45, 2.75) is 105 Å². The third kappa shape index (κ3) is 12.6. The van der Waals surface area contributed by atoms with Gasteiger partial charge >= 0.3 is 12.2 Å². The molecule has 282 valence electrons. The van der Waals surface area contributed by atoms with Gasteiger partial charge < -0.3 is 19.5 Å². The highest BCUT2D eigenvalue weighted by Crippen LogP contribution is 2.29. The van der Waals surface area contributed by atoms with Crippen molar-refractivity contribution in [1.29, 1.82) is 0 Å². The Morgan fingerprint density at radius 2 is 1.27 bits per heavy atom. The molecule has 0 aliphatic heterocycles. The van der Waals surface area contributed by atoms with Crippen molar-refractivity contribution in [3.63, 3.8) is 0 Å². The van der Waals surface area contributed by atoms with E-state index < -0.39 is 47.3 Å². The molecule has 0 aromatic heterocycles. The molecular weight excluding hydrogens is 662 g/mol. The Bertz CT molecular complexity index is 1640. The van der Waals surface area contributed by atoms with Crippen LogP contribution in [0.15, 0.2) is 72.8 Å². The Morgan fingerprint density at radius 3 is 1.77 bits per heavy atom. The molecule has 2 atom stereocenters. The zero-order chi connectivity index (χ0) is 38.8. The van der Waals surface area contributed by atoms with Crippen molar-refractivity contribution in [1.82, 2.24) is 20.9 Å². The van der Waals surface area contributed by atoms with Crippen LogP contribution in [0, 0.1) is 19.8 Å². The first-order valence-corrected chi connectivity index (χ1v) is 17.4. The topological polar surface area (TPSA) is 139 Å². The van der Waals surface area contributed by atoms with Gasteiger partial charge in [0.1, 0.15) is 29.0 Å². The monoisotopic (exact) mass is 717 g/mol. The number of hydrogen-bond donors (Lipinski definition) is 3. The number of rotatable bonds is 12. The Morgan fingerprint density at radius 1 is 0.731 bits per heavy atom. The highest BCUT2D eigenvalue weighted by atomic mass is 16.6. The van der Waals surface area contributed by atoms with Gasteiger partial charge in [0, 0.05) is 12.2 Å². The lowest BCUT2D eigenvalue weighted by molar-refractivity contribution is -0.149. The number of nitrogens with one attached hydrogen (secondary N) is 3. The normalized spacial score (nSPS) is 12.8. The van der Waals surface area contributed by atoms with Crippen molar-refractivity contribution in [2.24, 2.45) is 5.92 Å². The number of hydrazine groups is 2. The van der Waals surface area contributed by atoms with Crippen molar-refractivity contribution >= 4 is 29.7 Å². The standard InChI is InChI=1S/C40H55N5O7/c1-26(2)24-32(35(46)41-33-27(3)16-15-17-28(33)4)45(43-38(49)52-40(8,9)10)36(47)34(30-20-22-31(50-11)23-21-30)44(25-29-18-13-12-14-19-29)42-37(48)51-39(5,6)7/h12-23,26,32,34H,24-25H2,1-11H3,(H,41,46)(H,42,48)(H,43,49)/t32-,34-/m0/s1. The maximum absolute atomic E-state index is 15.3. The summed E-state index contributed by atoms with van der Waals surface area (Å²) in [7, 11) is 1.53. The van der Waals surface area contributed by atoms with E-state index in [2.05, 4.69) is 16.2 Å². The second-order valence-electron chi connectivity index (χ2n) is 15.1. The minimum atomic E-state index is -1.30. The molecule has 0 unspecified atom stereocenters. The number of amides is 4. The molecule has 52 heavy (non-hydrogen) atoms. The Hall–Kier alpha value is -5.10. The van der Waals surface area contributed by atoms with Crippen LogP contribution in [-0.4, -0.2) is 58.4 Å². The minimum absolute atomic E-state index is 0.0479. The van der Waals surface area contributed by atoms with Crippen LogP contribution in [0.1, 0.15) is 90.1 Å². The zero-order valence-electron chi connectivity index (χ0n) is 32.3. The summed E-state index contributed by atoms with van der Waals surface area (Å²) < 4.78 is 16.6. The number of nitrogens with zero attached hydrogens (tertiary/aromatic N) is 2. The summed E-state index contributed by atoms with van der Waals surface area (Å²) in [5, 5.41) is 5.48. The molecule has 0 radical (unpaired) electrons. The molecule has 0 aliphatic carbocycles. The van der Waals surface area contributed by atoms with Crippen LogP contribution in [-0.2, 0) is 25.6 Å². The molecule has 0 heterocycles. The summed E-state index contributed by atoms with van der Waals surface area (Å²) in [6, 6.07) is 19.2.